The minimum atomic E-state index is -0.124. The van der Waals surface area contributed by atoms with Crippen LogP contribution >= 0.6 is 0 Å². The van der Waals surface area contributed by atoms with Crippen LogP contribution in [0.1, 0.15) is 29.0 Å². The molecule has 3 rings (SSSR count). The quantitative estimate of drug-likeness (QED) is 0.884. The molecule has 1 fully saturated rings. The lowest BCUT2D eigenvalue weighted by Gasteiger charge is -2.30. The van der Waals surface area contributed by atoms with Crippen molar-refractivity contribution in [3.63, 3.8) is 0 Å². The van der Waals surface area contributed by atoms with Crippen molar-refractivity contribution < 1.29 is 14.0 Å². The summed E-state index contributed by atoms with van der Waals surface area (Å²) in [4.78, 5) is 26.3. The van der Waals surface area contributed by atoms with Gasteiger partial charge in [0.1, 0.15) is 0 Å². The predicted molar refractivity (Wildman–Crippen MR) is 90.3 cm³/mol. The van der Waals surface area contributed by atoms with Crippen molar-refractivity contribution in [1.82, 2.24) is 4.90 Å². The second kappa shape index (κ2) is 7.05. The minimum absolute atomic E-state index is 0.0331. The van der Waals surface area contributed by atoms with Gasteiger partial charge in [0.05, 0.1) is 6.26 Å². The number of nitrogens with zero attached hydrogens (tertiary/aromatic N) is 1. The van der Waals surface area contributed by atoms with Crippen LogP contribution in [0.3, 0.4) is 0 Å². The third-order valence-electron chi connectivity index (χ3n) is 4.18. The van der Waals surface area contributed by atoms with Crippen LogP contribution in [0.5, 0.6) is 0 Å². The SMILES string of the molecule is C#Cc1cccc(NC(=O)C2CCN(C(=O)c3ccco3)CC2)c1. The first-order chi connectivity index (χ1) is 11.7. The molecule has 2 aromatic rings. The topological polar surface area (TPSA) is 62.6 Å². The Balaban J connectivity index is 1.55. The first kappa shape index (κ1) is 15.9. The number of likely N-dealkylation sites (tertiary alicyclic amines) is 1. The third-order valence-corrected chi connectivity index (χ3v) is 4.18. The van der Waals surface area contributed by atoms with Crippen LogP contribution in [0.2, 0.25) is 0 Å². The molecular weight excluding hydrogens is 304 g/mol. The zero-order valence-corrected chi connectivity index (χ0v) is 13.2. The average Bonchev–Trinajstić information content (AvgIpc) is 3.16. The smallest absolute Gasteiger partial charge is 0.289 e. The second-order valence-corrected chi connectivity index (χ2v) is 5.76. The summed E-state index contributed by atoms with van der Waals surface area (Å²) in [7, 11) is 0. The molecule has 0 aliphatic carbocycles. The van der Waals surface area contributed by atoms with Gasteiger partial charge in [-0.2, -0.15) is 0 Å². The molecule has 122 valence electrons. The van der Waals surface area contributed by atoms with Gasteiger partial charge in [0, 0.05) is 30.3 Å². The highest BCUT2D eigenvalue weighted by Gasteiger charge is 2.28. The van der Waals surface area contributed by atoms with E-state index in [0.717, 1.165) is 5.56 Å². The zero-order valence-electron chi connectivity index (χ0n) is 13.2. The molecule has 1 aliphatic rings. The highest BCUT2D eigenvalue weighted by molar-refractivity contribution is 5.94. The number of terminal acetylenes is 1. The second-order valence-electron chi connectivity index (χ2n) is 5.76. The van der Waals surface area contributed by atoms with Gasteiger partial charge < -0.3 is 14.6 Å². The molecule has 0 atom stereocenters. The molecule has 1 aliphatic heterocycles. The lowest BCUT2D eigenvalue weighted by Crippen LogP contribution is -2.41. The predicted octanol–water partition coefficient (Wildman–Crippen LogP) is 2.75. The Labute approximate surface area is 140 Å². The Kier molecular flexibility index (Phi) is 4.66. The summed E-state index contributed by atoms with van der Waals surface area (Å²) < 4.78 is 5.14. The monoisotopic (exact) mass is 322 g/mol. The number of carbonyl (C=O) groups excluding carboxylic acids is 2. The number of amides is 2. The van der Waals surface area contributed by atoms with Crippen molar-refractivity contribution >= 4 is 17.5 Å². The van der Waals surface area contributed by atoms with E-state index in [-0.39, 0.29) is 17.7 Å². The minimum Gasteiger partial charge on any atom is -0.459 e. The van der Waals surface area contributed by atoms with Gasteiger partial charge in [-0.25, -0.2) is 0 Å². The first-order valence-electron chi connectivity index (χ1n) is 7.87. The molecule has 2 heterocycles. The van der Waals surface area contributed by atoms with Crippen molar-refractivity contribution in [2.45, 2.75) is 12.8 Å². The number of piperidine rings is 1. The number of rotatable bonds is 3. The lowest BCUT2D eigenvalue weighted by molar-refractivity contribution is -0.121. The van der Waals surface area contributed by atoms with Crippen LogP contribution in [-0.2, 0) is 4.79 Å². The number of carbonyl (C=O) groups is 2. The van der Waals surface area contributed by atoms with Crippen molar-refractivity contribution in [1.29, 1.82) is 0 Å². The van der Waals surface area contributed by atoms with Gasteiger partial charge in [-0.1, -0.05) is 12.0 Å². The highest BCUT2D eigenvalue weighted by Crippen LogP contribution is 2.21. The third kappa shape index (κ3) is 3.49. The normalized spacial score (nSPS) is 14.9. The molecule has 5 nitrogen and oxygen atoms in total. The van der Waals surface area contributed by atoms with Gasteiger partial charge >= 0.3 is 0 Å². The van der Waals surface area contributed by atoms with Gasteiger partial charge in [-0.3, -0.25) is 9.59 Å². The Hall–Kier alpha value is -3.00. The van der Waals surface area contributed by atoms with E-state index >= 15 is 0 Å². The maximum absolute atomic E-state index is 12.4. The van der Waals surface area contributed by atoms with Gasteiger partial charge in [-0.05, 0) is 43.2 Å². The van der Waals surface area contributed by atoms with E-state index < -0.39 is 0 Å². The number of hydrogen-bond donors (Lipinski definition) is 1. The Morgan fingerprint density at radius 1 is 1.21 bits per heavy atom. The number of hydrogen-bond acceptors (Lipinski definition) is 3. The zero-order chi connectivity index (χ0) is 16.9. The number of furan rings is 1. The van der Waals surface area contributed by atoms with Crippen LogP contribution < -0.4 is 5.32 Å². The molecule has 0 spiro atoms. The van der Waals surface area contributed by atoms with Crippen molar-refractivity contribution in [2.24, 2.45) is 5.92 Å². The molecule has 24 heavy (non-hydrogen) atoms. The molecule has 1 aromatic carbocycles. The maximum atomic E-state index is 12.4. The molecule has 0 radical (unpaired) electrons. The van der Waals surface area contributed by atoms with E-state index in [1.54, 1.807) is 23.1 Å². The van der Waals surface area contributed by atoms with Crippen LogP contribution in [0.4, 0.5) is 5.69 Å². The number of anilines is 1. The van der Waals surface area contributed by atoms with Gasteiger partial charge in [0.2, 0.25) is 5.91 Å². The van der Waals surface area contributed by atoms with E-state index in [4.69, 9.17) is 10.8 Å². The van der Waals surface area contributed by atoms with E-state index in [2.05, 4.69) is 11.2 Å². The Morgan fingerprint density at radius 2 is 2.00 bits per heavy atom. The molecule has 0 saturated carbocycles. The summed E-state index contributed by atoms with van der Waals surface area (Å²) >= 11 is 0. The fourth-order valence-corrected chi connectivity index (χ4v) is 2.83. The fraction of sp³-hybridized carbons (Fsp3) is 0.263. The van der Waals surface area contributed by atoms with E-state index in [0.29, 0.717) is 37.4 Å². The molecule has 1 N–H and O–H groups in total. The Morgan fingerprint density at radius 3 is 2.67 bits per heavy atom. The first-order valence-corrected chi connectivity index (χ1v) is 7.87. The van der Waals surface area contributed by atoms with Crippen molar-refractivity contribution in [3.05, 3.63) is 54.0 Å². The van der Waals surface area contributed by atoms with E-state index in [9.17, 15) is 9.59 Å². The van der Waals surface area contributed by atoms with Gasteiger partial charge in [0.15, 0.2) is 5.76 Å². The molecular formula is C19H18N2O3. The summed E-state index contributed by atoms with van der Waals surface area (Å²) in [5.41, 5.74) is 1.43. The van der Waals surface area contributed by atoms with E-state index in [1.807, 2.05) is 18.2 Å². The lowest BCUT2D eigenvalue weighted by atomic mass is 9.95. The van der Waals surface area contributed by atoms with E-state index in [1.165, 1.54) is 6.26 Å². The molecule has 5 heteroatoms. The summed E-state index contributed by atoms with van der Waals surface area (Å²) in [6, 6.07) is 10.6. The van der Waals surface area contributed by atoms with Crippen molar-refractivity contribution in [2.75, 3.05) is 18.4 Å². The summed E-state index contributed by atoms with van der Waals surface area (Å²) in [6.45, 7) is 1.09. The number of benzene rings is 1. The van der Waals surface area contributed by atoms with Crippen LogP contribution in [0.15, 0.2) is 47.1 Å². The maximum Gasteiger partial charge on any atom is 0.289 e. The summed E-state index contributed by atoms with van der Waals surface area (Å²) in [6.07, 6.45) is 8.12. The van der Waals surface area contributed by atoms with Gasteiger partial charge in [-0.15, -0.1) is 6.42 Å². The molecule has 0 unspecified atom stereocenters. The molecule has 1 saturated heterocycles. The fourth-order valence-electron chi connectivity index (χ4n) is 2.83. The molecule has 1 aromatic heterocycles. The van der Waals surface area contributed by atoms with Crippen molar-refractivity contribution in [3.8, 4) is 12.3 Å². The molecule has 2 amide bonds. The highest BCUT2D eigenvalue weighted by atomic mass is 16.3. The summed E-state index contributed by atoms with van der Waals surface area (Å²) in [5, 5.41) is 2.90. The summed E-state index contributed by atoms with van der Waals surface area (Å²) in [5.74, 6) is 2.62. The number of nitrogens with one attached hydrogen (secondary N) is 1. The van der Waals surface area contributed by atoms with Gasteiger partial charge in [0.25, 0.3) is 5.91 Å². The largest absolute Gasteiger partial charge is 0.459 e. The van der Waals surface area contributed by atoms with Crippen LogP contribution in [0, 0.1) is 18.3 Å². The average molecular weight is 322 g/mol. The Bertz CT molecular complexity index is 766. The standard InChI is InChI=1S/C19H18N2O3/c1-2-14-5-3-6-16(13-14)20-18(22)15-8-10-21(11-9-15)19(23)17-7-4-12-24-17/h1,3-7,12-13,15H,8-11H2,(H,20,22). The molecule has 0 bridgehead atoms. The van der Waals surface area contributed by atoms with Crippen LogP contribution in [0.25, 0.3) is 0 Å². The van der Waals surface area contributed by atoms with Crippen LogP contribution in [-0.4, -0.2) is 29.8 Å².